The van der Waals surface area contributed by atoms with Gasteiger partial charge in [0.2, 0.25) is 5.88 Å². The number of ether oxygens (including phenoxy) is 1. The molecule has 0 unspecified atom stereocenters. The number of amides is 1. The highest BCUT2D eigenvalue weighted by Gasteiger charge is 2.47. The number of piperidine rings is 1. The van der Waals surface area contributed by atoms with E-state index in [2.05, 4.69) is 19.9 Å². The third kappa shape index (κ3) is 3.88. The Hall–Kier alpha value is -3.33. The third-order valence-electron chi connectivity index (χ3n) is 5.24. The first-order valence-electron chi connectivity index (χ1n) is 9.49. The van der Waals surface area contributed by atoms with Crippen molar-refractivity contribution >= 4 is 40.3 Å². The van der Waals surface area contributed by atoms with Gasteiger partial charge in [-0.25, -0.2) is 23.7 Å². The Morgan fingerprint density at radius 3 is 2.87 bits per heavy atom. The fourth-order valence-corrected chi connectivity index (χ4v) is 3.61. The van der Waals surface area contributed by atoms with Crippen LogP contribution in [-0.2, 0) is 0 Å². The number of imidazole rings is 1. The topological polar surface area (TPSA) is 84.0 Å². The quantitative estimate of drug-likeness (QED) is 0.517. The van der Waals surface area contributed by atoms with E-state index in [1.165, 1.54) is 17.4 Å². The van der Waals surface area contributed by atoms with E-state index in [0.717, 1.165) is 5.39 Å². The number of fused-ring (bicyclic) bond motifs is 2. The van der Waals surface area contributed by atoms with E-state index in [9.17, 15) is 13.6 Å². The number of nitrogens with one attached hydrogen (secondary N) is 1. The van der Waals surface area contributed by atoms with Crippen LogP contribution in [0.4, 0.5) is 8.78 Å². The summed E-state index contributed by atoms with van der Waals surface area (Å²) in [6, 6.07) is 12.4. The second-order valence-electron chi connectivity index (χ2n) is 7.17. The summed E-state index contributed by atoms with van der Waals surface area (Å²) in [5.41, 5.74) is 1.84. The molecular formula is C21H18ClF2N5O2. The molecule has 5 rings (SSSR count). The number of carbonyl (C=O) groups excluding carboxylic acids is 1. The van der Waals surface area contributed by atoms with Crippen molar-refractivity contribution < 1.29 is 18.3 Å². The summed E-state index contributed by atoms with van der Waals surface area (Å²) in [6.07, 6.45) is 0.930. The van der Waals surface area contributed by atoms with Crippen LogP contribution < -0.4 is 4.74 Å². The van der Waals surface area contributed by atoms with Crippen LogP contribution in [0, 0.1) is 0 Å². The monoisotopic (exact) mass is 445 g/mol. The van der Waals surface area contributed by atoms with E-state index in [4.69, 9.17) is 4.74 Å². The van der Waals surface area contributed by atoms with Gasteiger partial charge in [0.25, 0.3) is 11.8 Å². The number of likely N-dealkylation sites (tertiary alicyclic amines) is 1. The van der Waals surface area contributed by atoms with Crippen LogP contribution in [0.2, 0.25) is 0 Å². The van der Waals surface area contributed by atoms with Gasteiger partial charge in [0.05, 0.1) is 23.9 Å². The van der Waals surface area contributed by atoms with Crippen molar-refractivity contribution in [1.82, 2.24) is 24.8 Å². The minimum Gasteiger partial charge on any atom is -0.466 e. The van der Waals surface area contributed by atoms with Gasteiger partial charge in [0.1, 0.15) is 5.52 Å². The number of aromatic amines is 1. The van der Waals surface area contributed by atoms with Crippen molar-refractivity contribution in [3.05, 3.63) is 60.7 Å². The number of nitrogens with zero attached hydrogens (tertiary/aromatic N) is 4. The van der Waals surface area contributed by atoms with Gasteiger partial charge in [-0.1, -0.05) is 18.2 Å². The van der Waals surface area contributed by atoms with E-state index in [-0.39, 0.29) is 37.1 Å². The van der Waals surface area contributed by atoms with Gasteiger partial charge in [-0.2, -0.15) is 0 Å². The summed E-state index contributed by atoms with van der Waals surface area (Å²) < 4.78 is 34.7. The van der Waals surface area contributed by atoms with Gasteiger partial charge < -0.3 is 14.6 Å². The van der Waals surface area contributed by atoms with Gasteiger partial charge in [0, 0.05) is 30.6 Å². The number of pyridine rings is 2. The predicted octanol–water partition coefficient (Wildman–Crippen LogP) is 3.86. The van der Waals surface area contributed by atoms with Crippen molar-refractivity contribution in [2.24, 2.45) is 0 Å². The van der Waals surface area contributed by atoms with Crippen molar-refractivity contribution in [3.63, 3.8) is 0 Å². The molecule has 160 valence electrons. The molecule has 1 fully saturated rings. The summed E-state index contributed by atoms with van der Waals surface area (Å²) in [7, 11) is 0. The predicted molar refractivity (Wildman–Crippen MR) is 113 cm³/mol. The molecule has 1 saturated heterocycles. The van der Waals surface area contributed by atoms with Crippen molar-refractivity contribution in [2.75, 3.05) is 13.1 Å². The minimum absolute atomic E-state index is 0. The molecule has 0 radical (unpaired) electrons. The zero-order valence-corrected chi connectivity index (χ0v) is 17.0. The Morgan fingerprint density at radius 1 is 1.16 bits per heavy atom. The first kappa shape index (κ1) is 20.9. The summed E-state index contributed by atoms with van der Waals surface area (Å²) in [4.78, 5) is 29.8. The first-order chi connectivity index (χ1) is 14.5. The molecule has 31 heavy (non-hydrogen) atoms. The Bertz CT molecular complexity index is 1250. The van der Waals surface area contributed by atoms with Crippen LogP contribution in [0.15, 0.2) is 55.0 Å². The Balaban J connectivity index is 0.00000231. The fourth-order valence-electron chi connectivity index (χ4n) is 3.61. The molecule has 1 aliphatic heterocycles. The summed E-state index contributed by atoms with van der Waals surface area (Å²) in [5.74, 6) is -3.45. The molecule has 0 bridgehead atoms. The Labute approximate surface area is 181 Å². The van der Waals surface area contributed by atoms with Gasteiger partial charge in [-0.3, -0.25) is 4.79 Å². The van der Waals surface area contributed by atoms with Crippen LogP contribution in [0.1, 0.15) is 16.9 Å². The van der Waals surface area contributed by atoms with Gasteiger partial charge in [-0.15, -0.1) is 12.4 Å². The highest BCUT2D eigenvalue weighted by Crippen LogP contribution is 2.32. The average molecular weight is 446 g/mol. The van der Waals surface area contributed by atoms with Gasteiger partial charge in [-0.05, 0) is 18.2 Å². The number of para-hydroxylation sites is 1. The maximum absolute atomic E-state index is 14.6. The lowest BCUT2D eigenvalue weighted by molar-refractivity contribution is -0.131. The third-order valence-corrected chi connectivity index (χ3v) is 5.24. The number of H-pyrrole nitrogens is 1. The number of aromatic nitrogens is 4. The molecule has 0 aliphatic carbocycles. The molecule has 1 aromatic carbocycles. The fraction of sp³-hybridized carbons (Fsp3) is 0.238. The highest BCUT2D eigenvalue weighted by molar-refractivity contribution is 6.02. The number of hydrogen-bond donors (Lipinski definition) is 1. The molecule has 1 N–H and O–H groups in total. The standard InChI is InChI=1S/C21H17F2N5O2.ClH/c22-21(23)8-10-28(20(29)19-18-15(7-9-24-19)25-12-26-18)11-16(21)30-17-6-5-13-3-1-2-4-14(13)27-17;/h1-7,9,12,16H,8,10-11H2,(H,25,26);1H/t16-;/m0./s1. The van der Waals surface area contributed by atoms with Crippen LogP contribution in [0.5, 0.6) is 5.88 Å². The first-order valence-corrected chi connectivity index (χ1v) is 9.49. The second-order valence-corrected chi connectivity index (χ2v) is 7.17. The molecule has 0 saturated carbocycles. The number of alkyl halides is 2. The molecule has 0 spiro atoms. The van der Waals surface area contributed by atoms with Crippen molar-refractivity contribution in [2.45, 2.75) is 18.4 Å². The zero-order valence-electron chi connectivity index (χ0n) is 16.2. The van der Waals surface area contributed by atoms with Crippen LogP contribution in [-0.4, -0.2) is 55.9 Å². The van der Waals surface area contributed by atoms with Gasteiger partial charge >= 0.3 is 0 Å². The second kappa shape index (κ2) is 8.07. The molecule has 1 atom stereocenters. The lowest BCUT2D eigenvalue weighted by Crippen LogP contribution is -2.55. The van der Waals surface area contributed by atoms with Crippen LogP contribution in [0.25, 0.3) is 21.9 Å². The lowest BCUT2D eigenvalue weighted by Gasteiger charge is -2.37. The van der Waals surface area contributed by atoms with Crippen molar-refractivity contribution in [1.29, 1.82) is 0 Å². The molecule has 4 aromatic rings. The Kier molecular flexibility index (Phi) is 5.45. The number of benzene rings is 1. The van der Waals surface area contributed by atoms with Gasteiger partial charge in [0.15, 0.2) is 11.8 Å². The van der Waals surface area contributed by atoms with Crippen LogP contribution >= 0.6 is 12.4 Å². The molecule has 10 heteroatoms. The van der Waals surface area contributed by atoms with Crippen LogP contribution in [0.3, 0.4) is 0 Å². The zero-order chi connectivity index (χ0) is 20.7. The molecular weight excluding hydrogens is 428 g/mol. The van der Waals surface area contributed by atoms with E-state index in [1.54, 1.807) is 24.3 Å². The molecule has 1 amide bonds. The lowest BCUT2D eigenvalue weighted by atomic mass is 10.0. The molecule has 7 nitrogen and oxygen atoms in total. The molecule has 1 aliphatic rings. The highest BCUT2D eigenvalue weighted by atomic mass is 35.5. The summed E-state index contributed by atoms with van der Waals surface area (Å²) in [5, 5.41) is 0.884. The number of rotatable bonds is 3. The van der Waals surface area contributed by atoms with Crippen molar-refractivity contribution in [3.8, 4) is 5.88 Å². The maximum Gasteiger partial charge on any atom is 0.287 e. The minimum atomic E-state index is -3.09. The van der Waals surface area contributed by atoms with E-state index in [1.807, 2.05) is 18.2 Å². The SMILES string of the molecule is Cl.O=C(c1nccc2[nH]cnc12)N1CCC(F)(F)[C@@H](Oc2ccc3ccccc3n2)C1. The normalized spacial score (nSPS) is 18.0. The number of carbonyl (C=O) groups is 1. The largest absolute Gasteiger partial charge is 0.466 e. The average Bonchev–Trinajstić information content (AvgIpc) is 3.23. The maximum atomic E-state index is 14.6. The Morgan fingerprint density at radius 2 is 2.00 bits per heavy atom. The number of hydrogen-bond acceptors (Lipinski definition) is 5. The van der Waals surface area contributed by atoms with E-state index >= 15 is 0 Å². The molecule has 4 heterocycles. The summed E-state index contributed by atoms with van der Waals surface area (Å²) >= 11 is 0. The number of halogens is 3. The molecule has 3 aromatic heterocycles. The van der Waals surface area contributed by atoms with E-state index < -0.39 is 24.4 Å². The summed E-state index contributed by atoms with van der Waals surface area (Å²) in [6.45, 7) is -0.373. The smallest absolute Gasteiger partial charge is 0.287 e. The van der Waals surface area contributed by atoms with E-state index in [0.29, 0.717) is 16.6 Å².